The average Bonchev–Trinajstić information content (AvgIpc) is 2.57. The van der Waals surface area contributed by atoms with Crippen molar-refractivity contribution in [3.05, 3.63) is 0 Å². The summed E-state index contributed by atoms with van der Waals surface area (Å²) in [4.78, 5) is 26.3. The van der Waals surface area contributed by atoms with Gasteiger partial charge in [0.1, 0.15) is 6.54 Å². The molecular formula is C11H20N2O4. The molecule has 3 amide bonds. The van der Waals surface area contributed by atoms with Gasteiger partial charge in [0.25, 0.3) is 0 Å². The van der Waals surface area contributed by atoms with E-state index in [1.165, 1.54) is 4.90 Å². The summed E-state index contributed by atoms with van der Waals surface area (Å²) in [5, 5.41) is 0. The van der Waals surface area contributed by atoms with Crippen LogP contribution in [0.2, 0.25) is 0 Å². The van der Waals surface area contributed by atoms with E-state index in [2.05, 4.69) is 0 Å². The van der Waals surface area contributed by atoms with Gasteiger partial charge in [-0.3, -0.25) is 9.69 Å². The number of amides is 3. The molecule has 0 aliphatic carbocycles. The number of urea groups is 1. The molecule has 6 heteroatoms. The SMILES string of the molecule is COCCCN1CC(=O)N(CCCOC)C1=O. The molecular weight excluding hydrogens is 224 g/mol. The van der Waals surface area contributed by atoms with Crippen LogP contribution in [0.3, 0.4) is 0 Å². The second-order valence-corrected chi connectivity index (χ2v) is 3.94. The fourth-order valence-corrected chi connectivity index (χ4v) is 1.76. The van der Waals surface area contributed by atoms with Crippen molar-refractivity contribution in [2.75, 3.05) is 47.1 Å². The second kappa shape index (κ2) is 7.24. The standard InChI is InChI=1S/C11H20N2O4/c1-16-7-3-5-12-9-10(14)13(11(12)15)6-4-8-17-2/h3-9H2,1-2H3. The lowest BCUT2D eigenvalue weighted by molar-refractivity contribution is -0.125. The third-order valence-corrected chi connectivity index (χ3v) is 2.64. The van der Waals surface area contributed by atoms with Crippen molar-refractivity contribution in [2.45, 2.75) is 12.8 Å². The highest BCUT2D eigenvalue weighted by Gasteiger charge is 2.34. The van der Waals surface area contributed by atoms with Gasteiger partial charge < -0.3 is 14.4 Å². The minimum absolute atomic E-state index is 0.122. The second-order valence-electron chi connectivity index (χ2n) is 3.94. The highest BCUT2D eigenvalue weighted by molar-refractivity contribution is 6.01. The van der Waals surface area contributed by atoms with Crippen molar-refractivity contribution in [3.63, 3.8) is 0 Å². The zero-order valence-electron chi connectivity index (χ0n) is 10.5. The van der Waals surface area contributed by atoms with Crippen LogP contribution >= 0.6 is 0 Å². The summed E-state index contributed by atoms with van der Waals surface area (Å²) in [6, 6.07) is -0.192. The van der Waals surface area contributed by atoms with Gasteiger partial charge >= 0.3 is 6.03 Å². The largest absolute Gasteiger partial charge is 0.385 e. The van der Waals surface area contributed by atoms with Gasteiger partial charge in [-0.2, -0.15) is 0 Å². The number of methoxy groups -OCH3 is 2. The van der Waals surface area contributed by atoms with Crippen molar-refractivity contribution in [1.29, 1.82) is 0 Å². The van der Waals surface area contributed by atoms with Gasteiger partial charge in [-0.1, -0.05) is 0 Å². The van der Waals surface area contributed by atoms with Gasteiger partial charge in [0.15, 0.2) is 0 Å². The lowest BCUT2D eigenvalue weighted by atomic mass is 10.4. The van der Waals surface area contributed by atoms with Crippen LogP contribution in [-0.4, -0.2) is 68.8 Å². The summed E-state index contributed by atoms with van der Waals surface area (Å²) in [7, 11) is 3.22. The molecule has 0 unspecified atom stereocenters. The molecule has 0 spiro atoms. The molecule has 98 valence electrons. The molecule has 0 N–H and O–H groups in total. The van der Waals surface area contributed by atoms with Crippen LogP contribution in [0.4, 0.5) is 4.79 Å². The first-order valence-electron chi connectivity index (χ1n) is 5.78. The molecule has 1 fully saturated rings. The first kappa shape index (κ1) is 13.9. The molecule has 0 atom stereocenters. The summed E-state index contributed by atoms with van der Waals surface area (Å²) in [6.45, 7) is 2.35. The number of imide groups is 1. The lowest BCUT2D eigenvalue weighted by Gasteiger charge is -2.16. The Bertz CT molecular complexity index is 270. The van der Waals surface area contributed by atoms with Gasteiger partial charge in [-0.05, 0) is 12.8 Å². The van der Waals surface area contributed by atoms with Gasteiger partial charge in [-0.25, -0.2) is 4.79 Å². The van der Waals surface area contributed by atoms with E-state index >= 15 is 0 Å². The molecule has 0 radical (unpaired) electrons. The molecule has 17 heavy (non-hydrogen) atoms. The summed E-state index contributed by atoms with van der Waals surface area (Å²) < 4.78 is 9.82. The third-order valence-electron chi connectivity index (χ3n) is 2.64. The molecule has 0 saturated carbocycles. The van der Waals surface area contributed by atoms with Crippen molar-refractivity contribution in [3.8, 4) is 0 Å². The molecule has 1 aliphatic rings. The molecule has 0 aromatic heterocycles. The molecule has 1 rings (SSSR count). The highest BCUT2D eigenvalue weighted by Crippen LogP contribution is 2.11. The quantitative estimate of drug-likeness (QED) is 0.456. The maximum absolute atomic E-state index is 11.9. The zero-order chi connectivity index (χ0) is 12.7. The third kappa shape index (κ3) is 3.98. The highest BCUT2D eigenvalue weighted by atomic mass is 16.5. The summed E-state index contributed by atoms with van der Waals surface area (Å²) >= 11 is 0. The Hall–Kier alpha value is -1.14. The Kier molecular flexibility index (Phi) is 5.93. The van der Waals surface area contributed by atoms with Crippen molar-refractivity contribution in [2.24, 2.45) is 0 Å². The minimum Gasteiger partial charge on any atom is -0.385 e. The van der Waals surface area contributed by atoms with E-state index in [4.69, 9.17) is 9.47 Å². The number of carbonyl (C=O) groups excluding carboxylic acids is 2. The number of ether oxygens (including phenoxy) is 2. The Balaban J connectivity index is 2.36. The molecule has 0 aromatic rings. The number of hydrogen-bond acceptors (Lipinski definition) is 4. The van der Waals surface area contributed by atoms with E-state index in [0.717, 1.165) is 6.42 Å². The number of nitrogens with zero attached hydrogens (tertiary/aromatic N) is 2. The maximum atomic E-state index is 11.9. The number of rotatable bonds is 8. The van der Waals surface area contributed by atoms with Crippen LogP contribution in [0, 0.1) is 0 Å². The molecule has 1 heterocycles. The van der Waals surface area contributed by atoms with E-state index in [-0.39, 0.29) is 18.5 Å². The fraction of sp³-hybridized carbons (Fsp3) is 0.818. The van der Waals surface area contributed by atoms with Crippen molar-refractivity contribution < 1.29 is 19.1 Å². The number of carbonyl (C=O) groups is 2. The molecule has 1 aliphatic heterocycles. The average molecular weight is 244 g/mol. The van der Waals surface area contributed by atoms with Crippen LogP contribution in [-0.2, 0) is 14.3 Å². The van der Waals surface area contributed by atoms with Crippen molar-refractivity contribution >= 4 is 11.9 Å². The van der Waals surface area contributed by atoms with Crippen LogP contribution in [0.1, 0.15) is 12.8 Å². The molecule has 6 nitrogen and oxygen atoms in total. The van der Waals surface area contributed by atoms with Gasteiger partial charge in [0.05, 0.1) is 0 Å². The molecule has 0 aromatic carbocycles. The zero-order valence-corrected chi connectivity index (χ0v) is 10.5. The minimum atomic E-state index is -0.192. The smallest absolute Gasteiger partial charge is 0.327 e. The van der Waals surface area contributed by atoms with Gasteiger partial charge in [-0.15, -0.1) is 0 Å². The van der Waals surface area contributed by atoms with Crippen LogP contribution in [0.5, 0.6) is 0 Å². The predicted molar refractivity (Wildman–Crippen MR) is 61.7 cm³/mol. The topological polar surface area (TPSA) is 59.1 Å². The van der Waals surface area contributed by atoms with E-state index in [0.29, 0.717) is 32.7 Å². The predicted octanol–water partition coefficient (Wildman–Crippen LogP) is 0.324. The summed E-state index contributed by atoms with van der Waals surface area (Å²) in [5.74, 6) is -0.122. The molecule has 1 saturated heterocycles. The monoisotopic (exact) mass is 244 g/mol. The van der Waals surface area contributed by atoms with E-state index < -0.39 is 0 Å². The maximum Gasteiger partial charge on any atom is 0.327 e. The summed E-state index contributed by atoms with van der Waals surface area (Å²) in [5.41, 5.74) is 0. The first-order chi connectivity index (χ1) is 8.20. The van der Waals surface area contributed by atoms with Gasteiger partial charge in [0.2, 0.25) is 5.91 Å². The number of hydrogen-bond donors (Lipinski definition) is 0. The van der Waals surface area contributed by atoms with Crippen molar-refractivity contribution in [1.82, 2.24) is 9.80 Å². The van der Waals surface area contributed by atoms with E-state index in [1.54, 1.807) is 19.1 Å². The summed E-state index contributed by atoms with van der Waals surface area (Å²) in [6.07, 6.45) is 1.43. The Morgan fingerprint density at radius 2 is 1.65 bits per heavy atom. The Morgan fingerprint density at radius 1 is 1.06 bits per heavy atom. The van der Waals surface area contributed by atoms with Crippen LogP contribution in [0.25, 0.3) is 0 Å². The fourth-order valence-electron chi connectivity index (χ4n) is 1.76. The Morgan fingerprint density at radius 3 is 2.24 bits per heavy atom. The lowest BCUT2D eigenvalue weighted by Crippen LogP contribution is -2.34. The van der Waals surface area contributed by atoms with Gasteiger partial charge in [0, 0.05) is 40.5 Å². The Labute approximate surface area is 101 Å². The van der Waals surface area contributed by atoms with E-state index in [9.17, 15) is 9.59 Å². The van der Waals surface area contributed by atoms with Crippen LogP contribution < -0.4 is 0 Å². The van der Waals surface area contributed by atoms with E-state index in [1.807, 2.05) is 0 Å². The molecule has 0 bridgehead atoms. The van der Waals surface area contributed by atoms with Crippen LogP contribution in [0.15, 0.2) is 0 Å². The first-order valence-corrected chi connectivity index (χ1v) is 5.78. The normalized spacial score (nSPS) is 16.1.